The van der Waals surface area contributed by atoms with Crippen LogP contribution in [0.15, 0.2) is 47.8 Å². The Labute approximate surface area is 201 Å². The number of anilines is 1. The number of benzene rings is 1. The molecule has 0 aliphatic carbocycles. The number of hydrogen-bond acceptors (Lipinski definition) is 5. The van der Waals surface area contributed by atoms with Gasteiger partial charge in [0.25, 0.3) is 11.8 Å². The molecule has 168 valence electrons. The minimum absolute atomic E-state index is 0.0823. The summed E-state index contributed by atoms with van der Waals surface area (Å²) in [6.45, 7) is 5.65. The Hall–Kier alpha value is -2.19. The van der Waals surface area contributed by atoms with Gasteiger partial charge in [0, 0.05) is 24.5 Å². The maximum Gasteiger partial charge on any atom is 0.261 e. The Morgan fingerprint density at radius 1 is 1.19 bits per heavy atom. The highest BCUT2D eigenvalue weighted by molar-refractivity contribution is 7.18. The molecular weight excluding hydrogens is 462 g/mol. The predicted octanol–water partition coefficient (Wildman–Crippen LogP) is 5.67. The van der Waals surface area contributed by atoms with Crippen molar-refractivity contribution < 1.29 is 9.59 Å². The normalized spacial score (nSPS) is 16.6. The first kappa shape index (κ1) is 23.0. The Balaban J connectivity index is 1.31. The third-order valence-electron chi connectivity index (χ3n) is 5.59. The smallest absolute Gasteiger partial charge is 0.261 e. The molecule has 0 spiro atoms. The number of likely N-dealkylation sites (tertiary alicyclic amines) is 1. The van der Waals surface area contributed by atoms with Gasteiger partial charge in [0.2, 0.25) is 0 Å². The summed E-state index contributed by atoms with van der Waals surface area (Å²) in [4.78, 5) is 29.8. The molecule has 3 heterocycles. The van der Waals surface area contributed by atoms with Crippen LogP contribution in [0.25, 0.3) is 0 Å². The van der Waals surface area contributed by atoms with Crippen molar-refractivity contribution in [1.29, 1.82) is 0 Å². The standard InChI is InChI=1S/C24H26ClN3O2S2/c1-16-12-21(27-23(29)19-8-2-3-9-20(19)25)32-22(16)24(30)26-13-17-6-4-10-28(14-17)15-18-7-5-11-31-18/h2-3,5,7-9,11-12,17H,4,6,10,13-15H2,1H3,(H,26,30)(H,27,29). The van der Waals surface area contributed by atoms with Crippen LogP contribution in [0.5, 0.6) is 0 Å². The van der Waals surface area contributed by atoms with E-state index in [1.807, 2.05) is 13.0 Å². The third kappa shape index (κ3) is 5.78. The summed E-state index contributed by atoms with van der Waals surface area (Å²) in [5, 5.41) is 9.12. The molecule has 3 aromatic rings. The van der Waals surface area contributed by atoms with Gasteiger partial charge in [-0.05, 0) is 67.4 Å². The van der Waals surface area contributed by atoms with Crippen LogP contribution in [0.2, 0.25) is 5.02 Å². The molecule has 2 N–H and O–H groups in total. The molecule has 0 radical (unpaired) electrons. The summed E-state index contributed by atoms with van der Waals surface area (Å²) in [5.41, 5.74) is 1.26. The molecule has 1 saturated heterocycles. The number of aryl methyl sites for hydroxylation is 1. The summed E-state index contributed by atoms with van der Waals surface area (Å²) >= 11 is 9.20. The largest absolute Gasteiger partial charge is 0.351 e. The topological polar surface area (TPSA) is 61.4 Å². The summed E-state index contributed by atoms with van der Waals surface area (Å²) in [6, 6.07) is 13.0. The van der Waals surface area contributed by atoms with Crippen molar-refractivity contribution in [2.75, 3.05) is 25.0 Å². The number of nitrogens with zero attached hydrogens (tertiary/aromatic N) is 1. The summed E-state index contributed by atoms with van der Waals surface area (Å²) < 4.78 is 0. The monoisotopic (exact) mass is 487 g/mol. The van der Waals surface area contributed by atoms with Gasteiger partial charge in [0.1, 0.15) is 0 Å². The van der Waals surface area contributed by atoms with Gasteiger partial charge in [-0.15, -0.1) is 22.7 Å². The Morgan fingerprint density at radius 3 is 2.81 bits per heavy atom. The zero-order chi connectivity index (χ0) is 22.5. The average Bonchev–Trinajstić information content (AvgIpc) is 3.42. The molecule has 32 heavy (non-hydrogen) atoms. The second-order valence-electron chi connectivity index (χ2n) is 8.09. The summed E-state index contributed by atoms with van der Waals surface area (Å²) in [7, 11) is 0. The molecule has 1 fully saturated rings. The predicted molar refractivity (Wildman–Crippen MR) is 133 cm³/mol. The van der Waals surface area contributed by atoms with E-state index in [1.165, 1.54) is 16.2 Å². The highest BCUT2D eigenvalue weighted by atomic mass is 35.5. The SMILES string of the molecule is Cc1cc(NC(=O)c2ccccc2Cl)sc1C(=O)NCC1CCCN(Cc2cccs2)C1. The van der Waals surface area contributed by atoms with Crippen molar-refractivity contribution >= 4 is 51.1 Å². The van der Waals surface area contributed by atoms with Gasteiger partial charge < -0.3 is 10.6 Å². The number of carbonyl (C=O) groups is 2. The molecule has 2 amide bonds. The molecule has 1 unspecified atom stereocenters. The minimum Gasteiger partial charge on any atom is -0.351 e. The lowest BCUT2D eigenvalue weighted by Crippen LogP contribution is -2.40. The first-order chi connectivity index (χ1) is 15.5. The molecule has 1 aromatic carbocycles. The molecule has 5 nitrogen and oxygen atoms in total. The summed E-state index contributed by atoms with van der Waals surface area (Å²) in [6.07, 6.45) is 2.28. The molecule has 2 aromatic heterocycles. The third-order valence-corrected chi connectivity index (χ3v) is 7.94. The molecule has 0 bridgehead atoms. The van der Waals surface area contributed by atoms with E-state index in [-0.39, 0.29) is 11.8 Å². The van der Waals surface area contributed by atoms with E-state index >= 15 is 0 Å². The van der Waals surface area contributed by atoms with E-state index in [0.717, 1.165) is 38.0 Å². The number of amides is 2. The van der Waals surface area contributed by atoms with Crippen molar-refractivity contribution in [1.82, 2.24) is 10.2 Å². The first-order valence-corrected chi connectivity index (χ1v) is 12.8. The fourth-order valence-electron chi connectivity index (χ4n) is 4.00. The van der Waals surface area contributed by atoms with Crippen LogP contribution in [0.4, 0.5) is 5.00 Å². The van der Waals surface area contributed by atoms with Gasteiger partial charge in [-0.2, -0.15) is 0 Å². The molecule has 0 saturated carbocycles. The second-order valence-corrected chi connectivity index (χ2v) is 10.6. The fraction of sp³-hybridized carbons (Fsp3) is 0.333. The Kier molecular flexibility index (Phi) is 7.63. The number of nitrogens with one attached hydrogen (secondary N) is 2. The number of halogens is 1. The Bertz CT molecular complexity index is 1080. The van der Waals surface area contributed by atoms with E-state index < -0.39 is 0 Å². The molecule has 8 heteroatoms. The molecular formula is C24H26ClN3O2S2. The number of piperidine rings is 1. The van der Waals surface area contributed by atoms with Crippen LogP contribution < -0.4 is 10.6 Å². The highest BCUT2D eigenvalue weighted by Crippen LogP contribution is 2.28. The zero-order valence-electron chi connectivity index (χ0n) is 17.9. The molecule has 1 atom stereocenters. The van der Waals surface area contributed by atoms with E-state index in [0.29, 0.717) is 32.9 Å². The van der Waals surface area contributed by atoms with Crippen LogP contribution in [0.1, 0.15) is 43.3 Å². The number of rotatable bonds is 7. The number of thiophene rings is 2. The number of hydrogen-bond donors (Lipinski definition) is 2. The lowest BCUT2D eigenvalue weighted by molar-refractivity contribution is 0.0933. The van der Waals surface area contributed by atoms with E-state index in [1.54, 1.807) is 35.6 Å². The molecule has 1 aliphatic rings. The maximum absolute atomic E-state index is 12.8. The van der Waals surface area contributed by atoms with Gasteiger partial charge >= 0.3 is 0 Å². The lowest BCUT2D eigenvalue weighted by atomic mass is 9.98. The van der Waals surface area contributed by atoms with Crippen molar-refractivity contribution in [3.63, 3.8) is 0 Å². The van der Waals surface area contributed by atoms with Crippen molar-refractivity contribution in [2.45, 2.75) is 26.3 Å². The van der Waals surface area contributed by atoms with Gasteiger partial charge in [0.05, 0.1) is 20.5 Å². The summed E-state index contributed by atoms with van der Waals surface area (Å²) in [5.74, 6) is 0.0882. The van der Waals surface area contributed by atoms with Gasteiger partial charge in [-0.25, -0.2) is 0 Å². The quantitative estimate of drug-likeness (QED) is 0.451. The van der Waals surface area contributed by atoms with E-state index in [4.69, 9.17) is 11.6 Å². The van der Waals surface area contributed by atoms with Crippen LogP contribution in [0, 0.1) is 12.8 Å². The maximum atomic E-state index is 12.8. The van der Waals surface area contributed by atoms with Crippen LogP contribution >= 0.6 is 34.3 Å². The molecule has 1 aliphatic heterocycles. The van der Waals surface area contributed by atoms with Crippen molar-refractivity contribution in [3.05, 3.63) is 73.7 Å². The van der Waals surface area contributed by atoms with Crippen molar-refractivity contribution in [2.24, 2.45) is 5.92 Å². The lowest BCUT2D eigenvalue weighted by Gasteiger charge is -2.32. The fourth-order valence-corrected chi connectivity index (χ4v) is 5.95. The van der Waals surface area contributed by atoms with Crippen molar-refractivity contribution in [3.8, 4) is 0 Å². The first-order valence-electron chi connectivity index (χ1n) is 10.7. The van der Waals surface area contributed by atoms with Crippen LogP contribution in [-0.2, 0) is 6.54 Å². The minimum atomic E-state index is -0.281. The second kappa shape index (κ2) is 10.6. The highest BCUT2D eigenvalue weighted by Gasteiger charge is 2.22. The van der Waals surface area contributed by atoms with Gasteiger partial charge in [-0.3, -0.25) is 14.5 Å². The number of carbonyl (C=O) groups excluding carboxylic acids is 2. The molecule has 4 rings (SSSR count). The Morgan fingerprint density at radius 2 is 2.03 bits per heavy atom. The van der Waals surface area contributed by atoms with Crippen LogP contribution in [-0.4, -0.2) is 36.3 Å². The van der Waals surface area contributed by atoms with Crippen LogP contribution in [0.3, 0.4) is 0 Å². The van der Waals surface area contributed by atoms with E-state index in [9.17, 15) is 9.59 Å². The van der Waals surface area contributed by atoms with E-state index in [2.05, 4.69) is 33.0 Å². The zero-order valence-corrected chi connectivity index (χ0v) is 20.3. The average molecular weight is 488 g/mol. The van der Waals surface area contributed by atoms with Gasteiger partial charge in [-0.1, -0.05) is 29.8 Å². The van der Waals surface area contributed by atoms with Gasteiger partial charge in [0.15, 0.2) is 0 Å².